The monoisotopic (exact) mass is 344 g/mol. The highest BCUT2D eigenvalue weighted by Gasteiger charge is 2.37. The van der Waals surface area contributed by atoms with Gasteiger partial charge in [0.25, 0.3) is 0 Å². The van der Waals surface area contributed by atoms with Crippen LogP contribution in [0.3, 0.4) is 0 Å². The molecule has 3 nitrogen and oxygen atoms in total. The molecule has 0 saturated carbocycles. The van der Waals surface area contributed by atoms with Crippen LogP contribution >= 0.6 is 0 Å². The van der Waals surface area contributed by atoms with E-state index in [1.807, 2.05) is 0 Å². The highest BCUT2D eigenvalue weighted by atomic mass is 19.4. The molecule has 0 bridgehead atoms. The van der Waals surface area contributed by atoms with Crippen LogP contribution in [0.5, 0.6) is 0 Å². The second kappa shape index (κ2) is 7.06. The molecule has 1 aromatic rings. The summed E-state index contributed by atoms with van der Waals surface area (Å²) in [4.78, 5) is 1.44. The minimum absolute atomic E-state index is 0.0231. The standard InChI is InChI=1S/C14H18F6N2O/c1-8(22(2)7-12(23)6-21)9-3-10(13(15,16)17)5-11(4-9)14(18,19)20/h3-5,8,12,23H,6-7,21H2,1-2H3. The summed E-state index contributed by atoms with van der Waals surface area (Å²) in [7, 11) is 1.48. The third kappa shape index (κ3) is 5.36. The van der Waals surface area contributed by atoms with Gasteiger partial charge in [-0.05, 0) is 37.7 Å². The van der Waals surface area contributed by atoms with Crippen LogP contribution in [-0.4, -0.2) is 36.2 Å². The number of halogens is 6. The first-order valence-electron chi connectivity index (χ1n) is 6.74. The minimum atomic E-state index is -4.88. The van der Waals surface area contributed by atoms with Gasteiger partial charge in [-0.3, -0.25) is 4.90 Å². The summed E-state index contributed by atoms with van der Waals surface area (Å²) in [6, 6.07) is 0.695. The third-order valence-electron chi connectivity index (χ3n) is 3.52. The first-order valence-corrected chi connectivity index (χ1v) is 6.74. The molecular formula is C14H18F6N2O. The molecule has 2 atom stereocenters. The SMILES string of the molecule is CC(c1cc(C(F)(F)F)cc(C(F)(F)F)c1)N(C)CC(O)CN. The fraction of sp³-hybridized carbons (Fsp3) is 0.571. The average molecular weight is 344 g/mol. The molecule has 23 heavy (non-hydrogen) atoms. The van der Waals surface area contributed by atoms with Crippen LogP contribution in [0.4, 0.5) is 26.3 Å². The van der Waals surface area contributed by atoms with Crippen LogP contribution in [0.1, 0.15) is 29.7 Å². The molecule has 2 unspecified atom stereocenters. The Morgan fingerprint density at radius 1 is 1.04 bits per heavy atom. The van der Waals surface area contributed by atoms with Crippen LogP contribution in [0.2, 0.25) is 0 Å². The van der Waals surface area contributed by atoms with Crippen LogP contribution in [0.25, 0.3) is 0 Å². The Morgan fingerprint density at radius 3 is 1.83 bits per heavy atom. The molecule has 0 aliphatic rings. The third-order valence-corrected chi connectivity index (χ3v) is 3.52. The van der Waals surface area contributed by atoms with E-state index in [9.17, 15) is 31.4 Å². The van der Waals surface area contributed by atoms with Crippen LogP contribution in [0.15, 0.2) is 18.2 Å². The van der Waals surface area contributed by atoms with Crippen molar-refractivity contribution in [3.63, 3.8) is 0 Å². The summed E-state index contributed by atoms with van der Waals surface area (Å²) in [6.45, 7) is 1.42. The molecule has 0 spiro atoms. The second-order valence-electron chi connectivity index (χ2n) is 5.34. The second-order valence-corrected chi connectivity index (χ2v) is 5.34. The number of hydrogen-bond donors (Lipinski definition) is 2. The summed E-state index contributed by atoms with van der Waals surface area (Å²) in [5, 5.41) is 9.47. The average Bonchev–Trinajstić information content (AvgIpc) is 2.43. The molecule has 1 rings (SSSR count). The Hall–Kier alpha value is -1.32. The number of nitrogens with zero attached hydrogens (tertiary/aromatic N) is 1. The van der Waals surface area contributed by atoms with Crippen LogP contribution in [0, 0.1) is 0 Å². The van der Waals surface area contributed by atoms with Gasteiger partial charge in [-0.25, -0.2) is 0 Å². The van der Waals surface area contributed by atoms with Crippen molar-refractivity contribution in [3.8, 4) is 0 Å². The van der Waals surface area contributed by atoms with Crippen molar-refractivity contribution in [3.05, 3.63) is 34.9 Å². The minimum Gasteiger partial charge on any atom is -0.390 e. The highest BCUT2D eigenvalue weighted by molar-refractivity contribution is 5.35. The van der Waals surface area contributed by atoms with E-state index in [-0.39, 0.29) is 24.7 Å². The fourth-order valence-corrected chi connectivity index (χ4v) is 2.04. The molecule has 0 aromatic heterocycles. The van der Waals surface area contributed by atoms with Gasteiger partial charge in [-0.2, -0.15) is 26.3 Å². The number of alkyl halides is 6. The largest absolute Gasteiger partial charge is 0.416 e. The maximum atomic E-state index is 12.8. The lowest BCUT2D eigenvalue weighted by Crippen LogP contribution is -2.35. The number of benzene rings is 1. The van der Waals surface area contributed by atoms with E-state index in [1.165, 1.54) is 18.9 Å². The zero-order chi connectivity index (χ0) is 18.0. The molecule has 0 aliphatic carbocycles. The summed E-state index contributed by atoms with van der Waals surface area (Å²) in [6.07, 6.45) is -10.7. The van der Waals surface area contributed by atoms with E-state index in [0.717, 1.165) is 0 Å². The van der Waals surface area contributed by atoms with Crippen molar-refractivity contribution >= 4 is 0 Å². The van der Waals surface area contributed by atoms with Gasteiger partial charge in [-0.15, -0.1) is 0 Å². The van der Waals surface area contributed by atoms with Crippen molar-refractivity contribution in [1.29, 1.82) is 0 Å². The van der Waals surface area contributed by atoms with Gasteiger partial charge in [-0.1, -0.05) is 0 Å². The molecule has 0 saturated heterocycles. The Kier molecular flexibility index (Phi) is 6.06. The zero-order valence-corrected chi connectivity index (χ0v) is 12.5. The van der Waals surface area contributed by atoms with Crippen molar-refractivity contribution in [1.82, 2.24) is 4.90 Å². The van der Waals surface area contributed by atoms with E-state index >= 15 is 0 Å². The van der Waals surface area contributed by atoms with E-state index in [2.05, 4.69) is 0 Å². The van der Waals surface area contributed by atoms with Gasteiger partial charge in [0.2, 0.25) is 0 Å². The molecule has 0 heterocycles. The predicted molar refractivity (Wildman–Crippen MR) is 72.6 cm³/mol. The van der Waals surface area contributed by atoms with E-state index in [4.69, 9.17) is 5.73 Å². The van der Waals surface area contributed by atoms with Gasteiger partial charge < -0.3 is 10.8 Å². The molecule has 3 N–H and O–H groups in total. The number of rotatable bonds is 5. The molecule has 0 fully saturated rings. The molecular weight excluding hydrogens is 326 g/mol. The van der Waals surface area contributed by atoms with Crippen LogP contribution < -0.4 is 5.73 Å². The number of aliphatic hydroxyl groups excluding tert-OH is 1. The van der Waals surface area contributed by atoms with Crippen molar-refractivity contribution < 1.29 is 31.4 Å². The van der Waals surface area contributed by atoms with Crippen molar-refractivity contribution in [2.45, 2.75) is 31.4 Å². The number of hydrogen-bond acceptors (Lipinski definition) is 3. The molecule has 132 valence electrons. The van der Waals surface area contributed by atoms with E-state index in [0.29, 0.717) is 12.1 Å². The summed E-state index contributed by atoms with van der Waals surface area (Å²) in [5.41, 5.74) is 2.39. The lowest BCUT2D eigenvalue weighted by Gasteiger charge is -2.28. The molecule has 1 aromatic carbocycles. The molecule has 0 radical (unpaired) electrons. The van der Waals surface area contributed by atoms with Gasteiger partial charge in [0.05, 0.1) is 17.2 Å². The molecule has 0 amide bonds. The number of aliphatic hydroxyl groups is 1. The topological polar surface area (TPSA) is 49.5 Å². The summed E-state index contributed by atoms with van der Waals surface area (Å²) >= 11 is 0. The predicted octanol–water partition coefficient (Wildman–Crippen LogP) is 3.04. The highest BCUT2D eigenvalue weighted by Crippen LogP contribution is 2.38. The lowest BCUT2D eigenvalue weighted by atomic mass is 9.99. The Bertz CT molecular complexity index is 497. The van der Waals surface area contributed by atoms with Gasteiger partial charge in [0.15, 0.2) is 0 Å². The van der Waals surface area contributed by atoms with Crippen molar-refractivity contribution in [2.75, 3.05) is 20.1 Å². The maximum absolute atomic E-state index is 12.8. The first kappa shape index (κ1) is 19.7. The zero-order valence-electron chi connectivity index (χ0n) is 12.5. The van der Waals surface area contributed by atoms with Gasteiger partial charge in [0, 0.05) is 19.1 Å². The summed E-state index contributed by atoms with van der Waals surface area (Å²) in [5.74, 6) is 0. The van der Waals surface area contributed by atoms with Crippen LogP contribution in [-0.2, 0) is 12.4 Å². The maximum Gasteiger partial charge on any atom is 0.416 e. The first-order chi connectivity index (χ1) is 10.4. The molecule has 9 heteroatoms. The van der Waals surface area contributed by atoms with E-state index < -0.39 is 35.6 Å². The number of likely N-dealkylation sites (N-methyl/N-ethyl adjacent to an activating group) is 1. The quantitative estimate of drug-likeness (QED) is 0.808. The number of nitrogens with two attached hydrogens (primary N) is 1. The van der Waals surface area contributed by atoms with Gasteiger partial charge in [0.1, 0.15) is 0 Å². The smallest absolute Gasteiger partial charge is 0.390 e. The van der Waals surface area contributed by atoms with Gasteiger partial charge >= 0.3 is 12.4 Å². The lowest BCUT2D eigenvalue weighted by molar-refractivity contribution is -0.143. The van der Waals surface area contributed by atoms with E-state index in [1.54, 1.807) is 0 Å². The summed E-state index contributed by atoms with van der Waals surface area (Å²) < 4.78 is 77.0. The molecule has 0 aliphatic heterocycles. The Balaban J connectivity index is 3.24. The Morgan fingerprint density at radius 2 is 1.48 bits per heavy atom. The normalized spacial score (nSPS) is 15.8. The fourth-order valence-electron chi connectivity index (χ4n) is 2.04. The Labute approximate surface area is 129 Å². The van der Waals surface area contributed by atoms with Crippen molar-refractivity contribution in [2.24, 2.45) is 5.73 Å².